The van der Waals surface area contributed by atoms with Gasteiger partial charge in [0.15, 0.2) is 6.61 Å². The van der Waals surface area contributed by atoms with Gasteiger partial charge >= 0.3 is 0 Å². The molecule has 0 amide bonds. The second-order valence-electron chi connectivity index (χ2n) is 5.73. The van der Waals surface area contributed by atoms with Crippen molar-refractivity contribution in [2.75, 3.05) is 0 Å². The smallest absolute Gasteiger partial charge is 0.182 e. The Bertz CT molecular complexity index is 149. The van der Waals surface area contributed by atoms with Crippen LogP contribution in [-0.2, 0) is 5.11 Å². The molecule has 0 rings (SSSR count). The molecule has 0 aliphatic carbocycles. The molecule has 0 bridgehead atoms. The Balaban J connectivity index is 2.90. The Morgan fingerprint density at radius 1 is 0.667 bits per heavy atom. The lowest BCUT2D eigenvalue weighted by atomic mass is 10.0. The lowest BCUT2D eigenvalue weighted by Gasteiger charge is -2.03. The molecule has 118 valence electrons. The van der Waals surface area contributed by atoms with E-state index in [1.165, 1.54) is 90.1 Å². The number of rotatable bonds is 18. The van der Waals surface area contributed by atoms with Crippen molar-refractivity contribution in [1.82, 2.24) is 0 Å². The molecule has 0 aliphatic heterocycles. The lowest BCUT2D eigenvalue weighted by molar-refractivity contribution is 0.296. The van der Waals surface area contributed by atoms with Crippen molar-refractivity contribution in [1.29, 1.82) is 0 Å². The molecule has 0 aromatic rings. The fraction of sp³-hybridized carbons (Fsp3) is 0.750. The van der Waals surface area contributed by atoms with E-state index in [0.717, 1.165) is 6.42 Å². The first-order valence-corrected chi connectivity index (χ1v) is 8.86. The zero-order chi connectivity index (χ0) is 15.4. The Hall–Kier alpha value is -0.0400. The van der Waals surface area contributed by atoms with Crippen LogP contribution in [0.4, 0.5) is 0 Å². The molecule has 1 nitrogen and oxygen atoms in total. The van der Waals surface area contributed by atoms with Gasteiger partial charge in [-0.25, -0.2) is 5.11 Å². The lowest BCUT2D eigenvalue weighted by Crippen LogP contribution is -1.85. The van der Waals surface area contributed by atoms with Gasteiger partial charge in [-0.3, -0.25) is 0 Å². The molecule has 0 aliphatic rings. The number of hydrogen-bond acceptors (Lipinski definition) is 0. The van der Waals surface area contributed by atoms with Crippen molar-refractivity contribution in [3.8, 4) is 0 Å². The number of hydrogen-bond donors (Lipinski definition) is 0. The first-order valence-electron chi connectivity index (χ1n) is 8.86. The predicted octanol–water partition coefficient (Wildman–Crippen LogP) is 6.39. The molecule has 0 atom stereocenters. The van der Waals surface area contributed by atoms with Crippen molar-refractivity contribution in [3.63, 3.8) is 0 Å². The normalized spacial score (nSPS) is 11.1. The van der Waals surface area contributed by atoms with Crippen LogP contribution in [0.15, 0.2) is 0 Å². The second-order valence-corrected chi connectivity index (χ2v) is 5.73. The van der Waals surface area contributed by atoms with E-state index in [0.29, 0.717) is 0 Å². The summed E-state index contributed by atoms with van der Waals surface area (Å²) < 4.78 is 0. The summed E-state index contributed by atoms with van der Waals surface area (Å²) in [5.74, 6) is 0. The maximum Gasteiger partial charge on any atom is 0.182 e. The van der Waals surface area contributed by atoms with E-state index >= 15 is 0 Å². The molecule has 0 fully saturated rings. The summed E-state index contributed by atoms with van der Waals surface area (Å²) in [6, 6.07) is 0. The Morgan fingerprint density at radius 2 is 1.14 bits per heavy atom. The minimum atomic E-state index is 1.02. The number of unbranched alkanes of at least 4 members (excludes halogenated alkanes) is 17. The molecule has 0 heterocycles. The van der Waals surface area contributed by atoms with E-state index in [-0.39, 0.29) is 0 Å². The van der Waals surface area contributed by atoms with Gasteiger partial charge in [0.1, 0.15) is 0 Å². The first-order chi connectivity index (χ1) is 10.4. The predicted molar refractivity (Wildman–Crippen MR) is 88.3 cm³/mol. The van der Waals surface area contributed by atoms with Gasteiger partial charge in [0, 0.05) is 12.8 Å². The third-order valence-corrected chi connectivity index (χ3v) is 3.74. The largest absolute Gasteiger partial charge is 0.222 e. The summed E-state index contributed by atoms with van der Waals surface area (Å²) in [5.41, 5.74) is 0. The third-order valence-electron chi connectivity index (χ3n) is 3.74. The van der Waals surface area contributed by atoms with Gasteiger partial charge in [0.2, 0.25) is 0 Å². The minimum Gasteiger partial charge on any atom is -0.222 e. The summed E-state index contributed by atoms with van der Waals surface area (Å²) in [6.45, 7) is 3.80. The molecule has 1 heteroatoms. The SMILES string of the molecule is CCCCCCCCCCCCCCC[CH][C][C][C][C][O]. The average Bonchev–Trinajstić information content (AvgIpc) is 2.50. The van der Waals surface area contributed by atoms with Crippen LogP contribution in [0, 0.1) is 32.3 Å². The zero-order valence-electron chi connectivity index (χ0n) is 13.9. The van der Waals surface area contributed by atoms with E-state index < -0.39 is 0 Å². The van der Waals surface area contributed by atoms with Crippen molar-refractivity contribution >= 4 is 0 Å². The van der Waals surface area contributed by atoms with Crippen LogP contribution in [0.3, 0.4) is 0 Å². The van der Waals surface area contributed by atoms with E-state index in [1.807, 2.05) is 6.42 Å². The van der Waals surface area contributed by atoms with E-state index in [9.17, 15) is 5.11 Å². The first kappa shape index (κ1) is 21.0. The molecule has 0 saturated carbocycles. The van der Waals surface area contributed by atoms with Crippen molar-refractivity contribution < 1.29 is 5.11 Å². The van der Waals surface area contributed by atoms with Gasteiger partial charge in [-0.1, -0.05) is 90.4 Å². The summed E-state index contributed by atoms with van der Waals surface area (Å²) >= 11 is 0. The fourth-order valence-electron chi connectivity index (χ4n) is 2.45. The Morgan fingerprint density at radius 3 is 1.62 bits per heavy atom. The standard InChI is InChI=1S/C20H32O/c1-2-3-4-5-6-7-8-9-10-11-12-13-14-15-16-17-18-19-20-21/h16H,2-15H2,1H3. The summed E-state index contributed by atoms with van der Waals surface area (Å²) in [5, 5.41) is 9.81. The highest BCUT2D eigenvalue weighted by Crippen LogP contribution is 2.13. The Labute approximate surface area is 134 Å². The molecule has 0 N–H and O–H groups in total. The maximum atomic E-state index is 9.81. The van der Waals surface area contributed by atoms with Gasteiger partial charge < -0.3 is 0 Å². The van der Waals surface area contributed by atoms with Crippen LogP contribution < -0.4 is 0 Å². The van der Waals surface area contributed by atoms with Crippen LogP contribution in [0.5, 0.6) is 0 Å². The van der Waals surface area contributed by atoms with Gasteiger partial charge in [0.25, 0.3) is 0 Å². The highest BCUT2D eigenvalue weighted by atomic mass is 16.2. The van der Waals surface area contributed by atoms with Gasteiger partial charge in [-0.15, -0.1) is 0 Å². The van der Waals surface area contributed by atoms with Crippen LogP contribution in [0.2, 0.25) is 0 Å². The Kier molecular flexibility index (Phi) is 19.9. The van der Waals surface area contributed by atoms with Crippen molar-refractivity contribution in [3.05, 3.63) is 32.3 Å². The van der Waals surface area contributed by atoms with E-state index in [4.69, 9.17) is 0 Å². The summed E-state index contributed by atoms with van der Waals surface area (Å²) in [6.07, 6.45) is 28.4. The summed E-state index contributed by atoms with van der Waals surface area (Å²) in [4.78, 5) is 0. The molecule has 0 spiro atoms. The average molecular weight is 288 g/mol. The van der Waals surface area contributed by atoms with Crippen molar-refractivity contribution in [2.24, 2.45) is 0 Å². The van der Waals surface area contributed by atoms with E-state index in [1.54, 1.807) is 0 Å². The van der Waals surface area contributed by atoms with Crippen LogP contribution in [0.1, 0.15) is 96.8 Å². The third kappa shape index (κ3) is 20.0. The van der Waals surface area contributed by atoms with Gasteiger partial charge in [0.05, 0.1) is 0 Å². The molecule has 0 saturated heterocycles. The topological polar surface area (TPSA) is 19.9 Å². The quantitative estimate of drug-likeness (QED) is 0.261. The van der Waals surface area contributed by atoms with Crippen molar-refractivity contribution in [2.45, 2.75) is 96.8 Å². The minimum absolute atomic E-state index is 1.02. The van der Waals surface area contributed by atoms with Crippen LogP contribution in [0.25, 0.3) is 0 Å². The molecule has 0 aromatic heterocycles. The van der Waals surface area contributed by atoms with Crippen LogP contribution in [-0.4, -0.2) is 0 Å². The molecule has 0 aromatic carbocycles. The molecule has 10 radical (unpaired) electrons. The zero-order valence-corrected chi connectivity index (χ0v) is 13.9. The summed E-state index contributed by atoms with van der Waals surface area (Å²) in [7, 11) is 0. The van der Waals surface area contributed by atoms with Crippen LogP contribution >= 0.6 is 0 Å². The highest BCUT2D eigenvalue weighted by molar-refractivity contribution is 5.05. The van der Waals surface area contributed by atoms with Gasteiger partial charge in [-0.05, 0) is 19.3 Å². The van der Waals surface area contributed by atoms with Gasteiger partial charge in [-0.2, -0.15) is 0 Å². The molecular weight excluding hydrogens is 256 g/mol. The second kappa shape index (κ2) is 20.0. The fourth-order valence-corrected chi connectivity index (χ4v) is 2.45. The molecule has 0 unspecified atom stereocenters. The molecular formula is C20H32O. The highest BCUT2D eigenvalue weighted by Gasteiger charge is 1.96. The van der Waals surface area contributed by atoms with E-state index in [2.05, 4.69) is 26.2 Å². The molecule has 21 heavy (non-hydrogen) atoms. The maximum absolute atomic E-state index is 9.81. The monoisotopic (exact) mass is 288 g/mol.